The van der Waals surface area contributed by atoms with Crippen molar-refractivity contribution in [3.63, 3.8) is 0 Å². The zero-order chi connectivity index (χ0) is 14.1. The van der Waals surface area contributed by atoms with Crippen LogP contribution < -0.4 is 10.6 Å². The molecule has 5 heteroatoms. The molecule has 1 aliphatic rings. The molecule has 1 aliphatic heterocycles. The van der Waals surface area contributed by atoms with Crippen molar-refractivity contribution >= 4 is 27.5 Å². The van der Waals surface area contributed by atoms with Crippen molar-refractivity contribution in [1.29, 1.82) is 0 Å². The standard InChI is InChI=1S/C15H15BrN2O2/c1-17-15(12-5-6-13(16)20-12)10-2-4-11-9(8-10)3-7-14(19)18-11/h2,4-6,8,15,17H,3,7H2,1H3,(H,18,19). The van der Waals surface area contributed by atoms with E-state index in [0.717, 1.165) is 28.1 Å². The number of furan rings is 1. The van der Waals surface area contributed by atoms with Crippen LogP contribution in [0.25, 0.3) is 0 Å². The number of amides is 1. The molecule has 104 valence electrons. The van der Waals surface area contributed by atoms with E-state index in [1.54, 1.807) is 0 Å². The lowest BCUT2D eigenvalue weighted by Crippen LogP contribution is -2.21. The van der Waals surface area contributed by atoms with Gasteiger partial charge in [-0.25, -0.2) is 0 Å². The first-order valence-electron chi connectivity index (χ1n) is 6.52. The minimum Gasteiger partial charge on any atom is -0.452 e. The number of halogens is 1. The van der Waals surface area contributed by atoms with E-state index in [-0.39, 0.29) is 11.9 Å². The summed E-state index contributed by atoms with van der Waals surface area (Å²) in [5.41, 5.74) is 3.22. The number of carbonyl (C=O) groups is 1. The molecule has 1 unspecified atom stereocenters. The van der Waals surface area contributed by atoms with Crippen LogP contribution in [0.2, 0.25) is 0 Å². The third-order valence-electron chi connectivity index (χ3n) is 3.53. The number of rotatable bonds is 3. The van der Waals surface area contributed by atoms with Gasteiger partial charge < -0.3 is 15.1 Å². The van der Waals surface area contributed by atoms with Gasteiger partial charge in [0.05, 0.1) is 6.04 Å². The molecule has 0 saturated heterocycles. The van der Waals surface area contributed by atoms with Crippen LogP contribution in [0, 0.1) is 0 Å². The van der Waals surface area contributed by atoms with Crippen LogP contribution in [0.15, 0.2) is 39.4 Å². The van der Waals surface area contributed by atoms with Crippen LogP contribution in [0.1, 0.15) is 29.3 Å². The second kappa shape index (κ2) is 5.42. The summed E-state index contributed by atoms with van der Waals surface area (Å²) in [6, 6.07) is 9.95. The second-order valence-corrected chi connectivity index (χ2v) is 5.61. The van der Waals surface area contributed by atoms with Crippen molar-refractivity contribution in [2.75, 3.05) is 12.4 Å². The van der Waals surface area contributed by atoms with Crippen molar-refractivity contribution < 1.29 is 9.21 Å². The molecule has 1 amide bonds. The summed E-state index contributed by atoms with van der Waals surface area (Å²) in [4.78, 5) is 11.4. The Kier molecular flexibility index (Phi) is 3.63. The van der Waals surface area contributed by atoms with Crippen molar-refractivity contribution in [1.82, 2.24) is 5.32 Å². The van der Waals surface area contributed by atoms with Gasteiger partial charge in [0.1, 0.15) is 5.76 Å². The van der Waals surface area contributed by atoms with Crippen LogP contribution in [-0.2, 0) is 11.2 Å². The average molecular weight is 335 g/mol. The normalized spacial score (nSPS) is 15.6. The van der Waals surface area contributed by atoms with E-state index in [1.165, 1.54) is 5.56 Å². The average Bonchev–Trinajstić information content (AvgIpc) is 2.86. The Hall–Kier alpha value is -1.59. The van der Waals surface area contributed by atoms with Crippen LogP contribution >= 0.6 is 15.9 Å². The van der Waals surface area contributed by atoms with Gasteiger partial charge in [0.25, 0.3) is 0 Å². The first kappa shape index (κ1) is 13.4. The monoisotopic (exact) mass is 334 g/mol. The maximum absolute atomic E-state index is 11.4. The Bertz CT molecular complexity index is 651. The Morgan fingerprint density at radius 1 is 1.30 bits per heavy atom. The molecule has 0 radical (unpaired) electrons. The number of aryl methyl sites for hydroxylation is 1. The van der Waals surface area contributed by atoms with Gasteiger partial charge >= 0.3 is 0 Å². The number of hydrogen-bond donors (Lipinski definition) is 2. The number of anilines is 1. The van der Waals surface area contributed by atoms with E-state index in [4.69, 9.17) is 4.42 Å². The molecule has 1 aromatic carbocycles. The first-order chi connectivity index (χ1) is 9.67. The molecule has 0 saturated carbocycles. The van der Waals surface area contributed by atoms with Crippen LogP contribution in [0.3, 0.4) is 0 Å². The SMILES string of the molecule is CNC(c1ccc2c(c1)CCC(=O)N2)c1ccc(Br)o1. The zero-order valence-electron chi connectivity index (χ0n) is 11.1. The summed E-state index contributed by atoms with van der Waals surface area (Å²) in [6.45, 7) is 0. The van der Waals surface area contributed by atoms with Crippen LogP contribution in [-0.4, -0.2) is 13.0 Å². The second-order valence-electron chi connectivity index (χ2n) is 4.83. The fourth-order valence-corrected chi connectivity index (χ4v) is 2.86. The lowest BCUT2D eigenvalue weighted by Gasteiger charge is -2.20. The predicted molar refractivity (Wildman–Crippen MR) is 80.7 cm³/mol. The smallest absolute Gasteiger partial charge is 0.224 e. The number of hydrogen-bond acceptors (Lipinski definition) is 3. The van der Waals surface area contributed by atoms with Crippen molar-refractivity contribution in [2.45, 2.75) is 18.9 Å². The van der Waals surface area contributed by atoms with E-state index in [1.807, 2.05) is 31.3 Å². The molecule has 2 aromatic rings. The lowest BCUT2D eigenvalue weighted by atomic mass is 9.96. The summed E-state index contributed by atoms with van der Waals surface area (Å²) >= 11 is 3.33. The molecule has 1 aromatic heterocycles. The molecule has 20 heavy (non-hydrogen) atoms. The summed E-state index contributed by atoms with van der Waals surface area (Å²) in [5, 5.41) is 6.16. The number of fused-ring (bicyclic) bond motifs is 1. The minimum absolute atomic E-state index is 0.00391. The number of carbonyl (C=O) groups excluding carboxylic acids is 1. The highest BCUT2D eigenvalue weighted by molar-refractivity contribution is 9.10. The van der Waals surface area contributed by atoms with E-state index in [2.05, 4.69) is 32.6 Å². The van der Waals surface area contributed by atoms with E-state index >= 15 is 0 Å². The zero-order valence-corrected chi connectivity index (χ0v) is 12.7. The van der Waals surface area contributed by atoms with Gasteiger partial charge in [-0.15, -0.1) is 0 Å². The quantitative estimate of drug-likeness (QED) is 0.905. The highest BCUT2D eigenvalue weighted by Crippen LogP contribution is 2.30. The Labute approximate surface area is 125 Å². The third-order valence-corrected chi connectivity index (χ3v) is 3.95. The molecular formula is C15H15BrN2O2. The summed E-state index contributed by atoms with van der Waals surface area (Å²) in [5.74, 6) is 0.949. The molecule has 2 heterocycles. The third kappa shape index (κ3) is 2.51. The molecule has 4 nitrogen and oxygen atoms in total. The van der Waals surface area contributed by atoms with Gasteiger partial charge in [0.15, 0.2) is 4.67 Å². The fraction of sp³-hybridized carbons (Fsp3) is 0.267. The van der Waals surface area contributed by atoms with Crippen molar-refractivity contribution in [3.8, 4) is 0 Å². The largest absolute Gasteiger partial charge is 0.452 e. The number of nitrogens with one attached hydrogen (secondary N) is 2. The van der Waals surface area contributed by atoms with Crippen LogP contribution in [0.4, 0.5) is 5.69 Å². The summed E-state index contributed by atoms with van der Waals surface area (Å²) in [7, 11) is 1.91. The molecule has 2 N–H and O–H groups in total. The Morgan fingerprint density at radius 3 is 2.85 bits per heavy atom. The molecule has 0 aliphatic carbocycles. The molecule has 0 bridgehead atoms. The van der Waals surface area contributed by atoms with Gasteiger partial charge in [-0.1, -0.05) is 12.1 Å². The van der Waals surface area contributed by atoms with Crippen molar-refractivity contribution in [3.05, 3.63) is 51.9 Å². The van der Waals surface area contributed by atoms with Gasteiger partial charge in [-0.2, -0.15) is 0 Å². The molecule has 1 atom stereocenters. The van der Waals surface area contributed by atoms with Gasteiger partial charge in [-0.3, -0.25) is 4.79 Å². The highest BCUT2D eigenvalue weighted by Gasteiger charge is 2.20. The molecule has 0 fully saturated rings. The Morgan fingerprint density at radius 2 is 2.15 bits per heavy atom. The van der Waals surface area contributed by atoms with E-state index < -0.39 is 0 Å². The van der Waals surface area contributed by atoms with Crippen molar-refractivity contribution in [2.24, 2.45) is 0 Å². The molecule has 3 rings (SSSR count). The Balaban J connectivity index is 1.95. The van der Waals surface area contributed by atoms with Gasteiger partial charge in [0.2, 0.25) is 5.91 Å². The molecule has 0 spiro atoms. The van der Waals surface area contributed by atoms with Crippen LogP contribution in [0.5, 0.6) is 0 Å². The van der Waals surface area contributed by atoms with E-state index in [9.17, 15) is 4.79 Å². The summed E-state index contributed by atoms with van der Waals surface area (Å²) in [6.07, 6.45) is 1.33. The fourth-order valence-electron chi connectivity index (χ4n) is 2.54. The lowest BCUT2D eigenvalue weighted by molar-refractivity contribution is -0.116. The number of benzene rings is 1. The summed E-state index contributed by atoms with van der Waals surface area (Å²) < 4.78 is 6.36. The maximum atomic E-state index is 11.4. The molecular weight excluding hydrogens is 320 g/mol. The topological polar surface area (TPSA) is 54.3 Å². The van der Waals surface area contributed by atoms with E-state index in [0.29, 0.717) is 6.42 Å². The first-order valence-corrected chi connectivity index (χ1v) is 7.32. The van der Waals surface area contributed by atoms with Gasteiger partial charge in [0, 0.05) is 12.1 Å². The van der Waals surface area contributed by atoms with Gasteiger partial charge in [-0.05, 0) is 58.7 Å². The maximum Gasteiger partial charge on any atom is 0.224 e. The highest BCUT2D eigenvalue weighted by atomic mass is 79.9. The predicted octanol–water partition coefficient (Wildman–Crippen LogP) is 3.24. The minimum atomic E-state index is 0.00391.